The Balaban J connectivity index is 1.92. The Bertz CT molecular complexity index is 579. The average molecular weight is 339 g/mol. The molecule has 1 saturated heterocycles. The summed E-state index contributed by atoms with van der Waals surface area (Å²) < 4.78 is 6.59. The normalized spacial score (nSPS) is 19.6. The lowest BCUT2D eigenvalue weighted by Crippen LogP contribution is -2.34. The predicted molar refractivity (Wildman–Crippen MR) is 81.5 cm³/mol. The summed E-state index contributed by atoms with van der Waals surface area (Å²) in [5.41, 5.74) is 2.24. The third kappa shape index (κ3) is 2.89. The van der Waals surface area contributed by atoms with Crippen LogP contribution in [-0.2, 0) is 4.74 Å². The first kappa shape index (κ1) is 13.2. The lowest BCUT2D eigenvalue weighted by atomic mass is 10.1. The van der Waals surface area contributed by atoms with E-state index in [0.717, 1.165) is 33.9 Å². The van der Waals surface area contributed by atoms with Crippen molar-refractivity contribution < 1.29 is 4.74 Å². The number of nitrogens with zero attached hydrogens (tertiary/aromatic N) is 1. The van der Waals surface area contributed by atoms with Crippen molar-refractivity contribution in [3.8, 4) is 11.3 Å². The van der Waals surface area contributed by atoms with Crippen molar-refractivity contribution in [3.63, 3.8) is 0 Å². The number of thiazole rings is 1. The molecule has 0 saturated carbocycles. The summed E-state index contributed by atoms with van der Waals surface area (Å²) >= 11 is 5.26. The molecule has 1 N–H and O–H groups in total. The Morgan fingerprint density at radius 3 is 3.11 bits per heavy atom. The first-order chi connectivity index (χ1) is 9.24. The molecule has 19 heavy (non-hydrogen) atoms. The van der Waals surface area contributed by atoms with Gasteiger partial charge in [-0.1, -0.05) is 28.1 Å². The Kier molecular flexibility index (Phi) is 3.98. The minimum absolute atomic E-state index is 0.235. The zero-order valence-corrected chi connectivity index (χ0v) is 13.1. The van der Waals surface area contributed by atoms with Crippen LogP contribution in [-0.4, -0.2) is 24.7 Å². The minimum atomic E-state index is 0.235. The van der Waals surface area contributed by atoms with Crippen LogP contribution in [0.2, 0.25) is 0 Å². The standard InChI is InChI=1S/C14H15BrN2OS/c1-9-13(10-3-2-4-11(15)7-10)17-14(19-9)12-8-18-6-5-16-12/h2-4,7,12,16H,5-6,8H2,1H3. The quantitative estimate of drug-likeness (QED) is 0.909. The molecule has 0 aliphatic carbocycles. The SMILES string of the molecule is Cc1sc(C2COCCN2)nc1-c1cccc(Br)c1. The number of morpholine rings is 1. The number of nitrogens with one attached hydrogen (secondary N) is 1. The van der Waals surface area contributed by atoms with Gasteiger partial charge in [-0.25, -0.2) is 4.98 Å². The molecule has 1 atom stereocenters. The van der Waals surface area contributed by atoms with Gasteiger partial charge in [-0.3, -0.25) is 0 Å². The maximum Gasteiger partial charge on any atom is 0.113 e. The highest BCUT2D eigenvalue weighted by Crippen LogP contribution is 2.32. The van der Waals surface area contributed by atoms with E-state index in [1.807, 2.05) is 12.1 Å². The largest absolute Gasteiger partial charge is 0.378 e. The Morgan fingerprint density at radius 2 is 2.37 bits per heavy atom. The van der Waals surface area contributed by atoms with Crippen LogP contribution < -0.4 is 5.32 Å². The lowest BCUT2D eigenvalue weighted by molar-refractivity contribution is 0.0768. The van der Waals surface area contributed by atoms with E-state index < -0.39 is 0 Å². The third-order valence-corrected chi connectivity index (χ3v) is 4.71. The molecule has 0 spiro atoms. The average Bonchev–Trinajstić information content (AvgIpc) is 2.82. The Morgan fingerprint density at radius 1 is 1.47 bits per heavy atom. The number of rotatable bonds is 2. The van der Waals surface area contributed by atoms with Crippen molar-refractivity contribution in [3.05, 3.63) is 38.6 Å². The molecule has 0 bridgehead atoms. The summed E-state index contributed by atoms with van der Waals surface area (Å²) in [7, 11) is 0. The summed E-state index contributed by atoms with van der Waals surface area (Å²) in [6.45, 7) is 4.53. The van der Waals surface area contributed by atoms with Crippen LogP contribution in [0.1, 0.15) is 15.9 Å². The van der Waals surface area contributed by atoms with Gasteiger partial charge in [0.15, 0.2) is 0 Å². The Hall–Kier alpha value is -0.750. The van der Waals surface area contributed by atoms with E-state index in [2.05, 4.69) is 40.3 Å². The van der Waals surface area contributed by atoms with Gasteiger partial charge < -0.3 is 10.1 Å². The number of hydrogen-bond donors (Lipinski definition) is 1. The molecule has 1 aliphatic heterocycles. The van der Waals surface area contributed by atoms with Crippen molar-refractivity contribution >= 4 is 27.3 Å². The van der Waals surface area contributed by atoms with E-state index in [9.17, 15) is 0 Å². The van der Waals surface area contributed by atoms with E-state index in [4.69, 9.17) is 9.72 Å². The van der Waals surface area contributed by atoms with Crippen molar-refractivity contribution in [2.24, 2.45) is 0 Å². The second-order valence-electron chi connectivity index (χ2n) is 4.55. The van der Waals surface area contributed by atoms with E-state index >= 15 is 0 Å². The number of hydrogen-bond acceptors (Lipinski definition) is 4. The Labute approximate surface area is 125 Å². The second kappa shape index (κ2) is 5.71. The van der Waals surface area contributed by atoms with E-state index in [-0.39, 0.29) is 6.04 Å². The number of aryl methyl sites for hydroxylation is 1. The highest BCUT2D eigenvalue weighted by Gasteiger charge is 2.20. The molecule has 5 heteroatoms. The van der Waals surface area contributed by atoms with Gasteiger partial charge in [-0.2, -0.15) is 0 Å². The molecule has 3 nitrogen and oxygen atoms in total. The van der Waals surface area contributed by atoms with Gasteiger partial charge in [-0.05, 0) is 19.1 Å². The van der Waals surface area contributed by atoms with Gasteiger partial charge in [0.05, 0.1) is 24.9 Å². The summed E-state index contributed by atoms with van der Waals surface area (Å²) in [5, 5.41) is 4.57. The van der Waals surface area contributed by atoms with Gasteiger partial charge in [0, 0.05) is 21.5 Å². The van der Waals surface area contributed by atoms with Gasteiger partial charge in [0.2, 0.25) is 0 Å². The fourth-order valence-electron chi connectivity index (χ4n) is 2.19. The smallest absolute Gasteiger partial charge is 0.113 e. The van der Waals surface area contributed by atoms with E-state index in [1.165, 1.54) is 4.88 Å². The molecule has 0 radical (unpaired) electrons. The molecule has 2 heterocycles. The molecular formula is C14H15BrN2OS. The van der Waals surface area contributed by atoms with Gasteiger partial charge in [0.25, 0.3) is 0 Å². The van der Waals surface area contributed by atoms with Crippen molar-refractivity contribution in [1.29, 1.82) is 0 Å². The second-order valence-corrected chi connectivity index (χ2v) is 6.70. The highest BCUT2D eigenvalue weighted by atomic mass is 79.9. The van der Waals surface area contributed by atoms with Crippen LogP contribution in [0.3, 0.4) is 0 Å². The summed E-state index contributed by atoms with van der Waals surface area (Å²) in [4.78, 5) is 6.05. The van der Waals surface area contributed by atoms with Crippen molar-refractivity contribution in [2.75, 3.05) is 19.8 Å². The van der Waals surface area contributed by atoms with E-state index in [1.54, 1.807) is 11.3 Å². The fraction of sp³-hybridized carbons (Fsp3) is 0.357. The monoisotopic (exact) mass is 338 g/mol. The fourth-order valence-corrected chi connectivity index (χ4v) is 3.60. The van der Waals surface area contributed by atoms with Crippen LogP contribution in [0, 0.1) is 6.92 Å². The molecule has 1 aromatic heterocycles. The van der Waals surface area contributed by atoms with Crippen LogP contribution in [0.5, 0.6) is 0 Å². The third-order valence-electron chi connectivity index (χ3n) is 3.13. The molecule has 3 rings (SSSR count). The van der Waals surface area contributed by atoms with Crippen LogP contribution in [0.15, 0.2) is 28.7 Å². The number of benzene rings is 1. The minimum Gasteiger partial charge on any atom is -0.378 e. The maximum absolute atomic E-state index is 5.51. The summed E-state index contributed by atoms with van der Waals surface area (Å²) in [5.74, 6) is 0. The van der Waals surface area contributed by atoms with E-state index in [0.29, 0.717) is 6.61 Å². The van der Waals surface area contributed by atoms with Gasteiger partial charge in [-0.15, -0.1) is 11.3 Å². The first-order valence-electron chi connectivity index (χ1n) is 6.28. The molecule has 1 fully saturated rings. The maximum atomic E-state index is 5.51. The van der Waals surface area contributed by atoms with Crippen LogP contribution in [0.4, 0.5) is 0 Å². The first-order valence-corrected chi connectivity index (χ1v) is 7.89. The topological polar surface area (TPSA) is 34.1 Å². The van der Waals surface area contributed by atoms with Crippen molar-refractivity contribution in [1.82, 2.24) is 10.3 Å². The predicted octanol–water partition coefficient (Wildman–Crippen LogP) is 3.54. The highest BCUT2D eigenvalue weighted by molar-refractivity contribution is 9.10. The summed E-state index contributed by atoms with van der Waals surface area (Å²) in [6, 6.07) is 8.51. The lowest BCUT2D eigenvalue weighted by Gasteiger charge is -2.21. The van der Waals surface area contributed by atoms with Gasteiger partial charge >= 0.3 is 0 Å². The number of ether oxygens (including phenoxy) is 1. The van der Waals surface area contributed by atoms with Gasteiger partial charge in [0.1, 0.15) is 5.01 Å². The molecule has 1 aromatic carbocycles. The molecule has 1 aliphatic rings. The molecule has 1 unspecified atom stereocenters. The van der Waals surface area contributed by atoms with Crippen molar-refractivity contribution in [2.45, 2.75) is 13.0 Å². The summed E-state index contributed by atoms with van der Waals surface area (Å²) in [6.07, 6.45) is 0. The molecule has 100 valence electrons. The molecular weight excluding hydrogens is 324 g/mol. The molecule has 2 aromatic rings. The van der Waals surface area contributed by atoms with Crippen LogP contribution in [0.25, 0.3) is 11.3 Å². The number of halogens is 1. The zero-order valence-electron chi connectivity index (χ0n) is 10.6. The number of aromatic nitrogens is 1. The molecule has 0 amide bonds. The zero-order chi connectivity index (χ0) is 13.2. The van der Waals surface area contributed by atoms with Crippen LogP contribution >= 0.6 is 27.3 Å².